The predicted molar refractivity (Wildman–Crippen MR) is 103 cm³/mol. The van der Waals surface area contributed by atoms with Crippen LogP contribution in [0.3, 0.4) is 0 Å². The monoisotopic (exact) mass is 359 g/mol. The number of aryl methyl sites for hydroxylation is 3. The molecule has 0 radical (unpaired) electrons. The van der Waals surface area contributed by atoms with Crippen molar-refractivity contribution in [3.8, 4) is 5.75 Å². The second-order valence-electron chi connectivity index (χ2n) is 6.49. The first-order valence-corrected chi connectivity index (χ1v) is 9.00. The molecule has 4 heteroatoms. The Bertz CT molecular complexity index is 725. The van der Waals surface area contributed by atoms with Crippen molar-refractivity contribution in [3.63, 3.8) is 0 Å². The number of carbonyl (C=O) groups is 1. The van der Waals surface area contributed by atoms with Crippen LogP contribution < -0.4 is 10.1 Å². The molecule has 0 aliphatic heterocycles. The lowest BCUT2D eigenvalue weighted by atomic mass is 9.96. The summed E-state index contributed by atoms with van der Waals surface area (Å²) in [5, 5.41) is 3.76. The van der Waals surface area contributed by atoms with E-state index >= 15 is 0 Å². The van der Waals surface area contributed by atoms with Gasteiger partial charge in [-0.25, -0.2) is 0 Å². The highest BCUT2D eigenvalue weighted by atomic mass is 35.5. The topological polar surface area (TPSA) is 38.3 Å². The van der Waals surface area contributed by atoms with E-state index in [0.717, 1.165) is 5.75 Å². The number of halogens is 1. The molecular formula is C21H26ClNO2. The SMILES string of the molecule is Cc1cc(C)c(C(C)NC(=O)CCCOc2ccc(Cl)cc2)cc1C. The number of nitrogens with one attached hydrogen (secondary N) is 1. The van der Waals surface area contributed by atoms with Gasteiger partial charge in [-0.15, -0.1) is 0 Å². The van der Waals surface area contributed by atoms with Crippen LogP contribution in [-0.4, -0.2) is 12.5 Å². The number of hydrogen-bond acceptors (Lipinski definition) is 2. The smallest absolute Gasteiger partial charge is 0.220 e. The Hall–Kier alpha value is -2.00. The van der Waals surface area contributed by atoms with E-state index in [9.17, 15) is 4.79 Å². The third-order valence-electron chi connectivity index (χ3n) is 4.36. The molecule has 1 unspecified atom stereocenters. The summed E-state index contributed by atoms with van der Waals surface area (Å²) >= 11 is 5.83. The fourth-order valence-corrected chi connectivity index (χ4v) is 2.92. The minimum Gasteiger partial charge on any atom is -0.494 e. The molecule has 134 valence electrons. The molecule has 2 aromatic rings. The maximum absolute atomic E-state index is 12.2. The Morgan fingerprint density at radius 2 is 1.72 bits per heavy atom. The van der Waals surface area contributed by atoms with Crippen molar-refractivity contribution in [1.29, 1.82) is 0 Å². The van der Waals surface area contributed by atoms with Crippen molar-refractivity contribution in [1.82, 2.24) is 5.32 Å². The van der Waals surface area contributed by atoms with Crippen LogP contribution in [0.25, 0.3) is 0 Å². The lowest BCUT2D eigenvalue weighted by Crippen LogP contribution is -2.27. The molecule has 0 spiro atoms. The Labute approximate surface area is 155 Å². The molecule has 1 atom stereocenters. The van der Waals surface area contributed by atoms with Crippen LogP contribution in [0.1, 0.15) is 48.1 Å². The molecule has 3 nitrogen and oxygen atoms in total. The molecule has 25 heavy (non-hydrogen) atoms. The van der Waals surface area contributed by atoms with Gasteiger partial charge in [0.1, 0.15) is 5.75 Å². The number of rotatable bonds is 7. The van der Waals surface area contributed by atoms with Crippen molar-refractivity contribution in [3.05, 3.63) is 63.7 Å². The molecule has 2 rings (SSSR count). The first-order valence-electron chi connectivity index (χ1n) is 8.62. The number of ether oxygens (including phenoxy) is 1. The average Bonchev–Trinajstić information content (AvgIpc) is 2.56. The summed E-state index contributed by atoms with van der Waals surface area (Å²) in [5.41, 5.74) is 4.91. The molecule has 2 aromatic carbocycles. The fraction of sp³-hybridized carbons (Fsp3) is 0.381. The normalized spacial score (nSPS) is 11.9. The zero-order chi connectivity index (χ0) is 18.4. The molecule has 1 amide bonds. The van der Waals surface area contributed by atoms with E-state index in [-0.39, 0.29) is 11.9 Å². The Kier molecular flexibility index (Phi) is 6.89. The van der Waals surface area contributed by atoms with Gasteiger partial charge in [-0.3, -0.25) is 4.79 Å². The van der Waals surface area contributed by atoms with Crippen molar-refractivity contribution in [2.75, 3.05) is 6.61 Å². The first kappa shape index (κ1) is 19.3. The largest absolute Gasteiger partial charge is 0.494 e. The van der Waals surface area contributed by atoms with Crippen LogP contribution in [-0.2, 0) is 4.79 Å². The summed E-state index contributed by atoms with van der Waals surface area (Å²) in [6, 6.07) is 11.6. The molecule has 0 saturated heterocycles. The van der Waals surface area contributed by atoms with Crippen LogP contribution in [0, 0.1) is 20.8 Å². The number of amides is 1. The Morgan fingerprint density at radius 1 is 1.08 bits per heavy atom. The molecule has 0 aliphatic rings. The van der Waals surface area contributed by atoms with Gasteiger partial charge in [0, 0.05) is 11.4 Å². The number of benzene rings is 2. The van der Waals surface area contributed by atoms with Gasteiger partial charge in [0.05, 0.1) is 12.6 Å². The molecule has 0 fully saturated rings. The molecule has 0 saturated carbocycles. The molecule has 0 aromatic heterocycles. The molecule has 1 N–H and O–H groups in total. The lowest BCUT2D eigenvalue weighted by Gasteiger charge is -2.18. The van der Waals surface area contributed by atoms with Gasteiger partial charge in [-0.1, -0.05) is 23.7 Å². The van der Waals surface area contributed by atoms with E-state index in [1.54, 1.807) is 12.1 Å². The number of carbonyl (C=O) groups excluding carboxylic acids is 1. The molecule has 0 heterocycles. The van der Waals surface area contributed by atoms with Crippen LogP contribution in [0.2, 0.25) is 5.02 Å². The summed E-state index contributed by atoms with van der Waals surface area (Å²) in [5.74, 6) is 0.814. The van der Waals surface area contributed by atoms with Crippen molar-refractivity contribution < 1.29 is 9.53 Å². The maximum Gasteiger partial charge on any atom is 0.220 e. The van der Waals surface area contributed by atoms with E-state index in [0.29, 0.717) is 24.5 Å². The van der Waals surface area contributed by atoms with Gasteiger partial charge in [0.2, 0.25) is 5.91 Å². The third-order valence-corrected chi connectivity index (χ3v) is 4.61. The first-order chi connectivity index (χ1) is 11.9. The fourth-order valence-electron chi connectivity index (χ4n) is 2.79. The minimum absolute atomic E-state index is 0.00369. The van der Waals surface area contributed by atoms with Gasteiger partial charge in [-0.2, -0.15) is 0 Å². The van der Waals surface area contributed by atoms with Crippen molar-refractivity contribution >= 4 is 17.5 Å². The molecule has 0 bridgehead atoms. The Morgan fingerprint density at radius 3 is 2.40 bits per heavy atom. The third kappa shape index (κ3) is 5.79. The number of hydrogen-bond donors (Lipinski definition) is 1. The summed E-state index contributed by atoms with van der Waals surface area (Å²) < 4.78 is 5.61. The summed E-state index contributed by atoms with van der Waals surface area (Å²) in [6.45, 7) is 8.83. The van der Waals surface area contributed by atoms with E-state index in [4.69, 9.17) is 16.3 Å². The predicted octanol–water partition coefficient (Wildman–Crippen LogP) is 5.30. The molecule has 0 aliphatic carbocycles. The van der Waals surface area contributed by atoms with Crippen LogP contribution in [0.5, 0.6) is 5.75 Å². The van der Waals surface area contributed by atoms with Crippen LogP contribution in [0.15, 0.2) is 36.4 Å². The van der Waals surface area contributed by atoms with Gasteiger partial charge < -0.3 is 10.1 Å². The maximum atomic E-state index is 12.2. The minimum atomic E-state index is 0.00369. The van der Waals surface area contributed by atoms with E-state index in [2.05, 4.69) is 38.2 Å². The summed E-state index contributed by atoms with van der Waals surface area (Å²) in [6.07, 6.45) is 1.12. The average molecular weight is 360 g/mol. The summed E-state index contributed by atoms with van der Waals surface area (Å²) in [4.78, 5) is 12.2. The zero-order valence-corrected chi connectivity index (χ0v) is 16.1. The van der Waals surface area contributed by atoms with Gasteiger partial charge in [0.25, 0.3) is 0 Å². The van der Waals surface area contributed by atoms with E-state index in [1.807, 2.05) is 19.1 Å². The Balaban J connectivity index is 1.78. The second kappa shape index (κ2) is 8.91. The second-order valence-corrected chi connectivity index (χ2v) is 6.92. The zero-order valence-electron chi connectivity index (χ0n) is 15.4. The van der Waals surface area contributed by atoms with E-state index < -0.39 is 0 Å². The highest BCUT2D eigenvalue weighted by molar-refractivity contribution is 6.30. The van der Waals surface area contributed by atoms with Gasteiger partial charge in [-0.05, 0) is 80.6 Å². The van der Waals surface area contributed by atoms with Crippen LogP contribution >= 0.6 is 11.6 Å². The quantitative estimate of drug-likeness (QED) is 0.681. The highest BCUT2D eigenvalue weighted by Gasteiger charge is 2.12. The van der Waals surface area contributed by atoms with Crippen LogP contribution in [0.4, 0.5) is 0 Å². The summed E-state index contributed by atoms with van der Waals surface area (Å²) in [7, 11) is 0. The standard InChI is InChI=1S/C21H26ClNO2/c1-14-12-16(3)20(13-15(14)2)17(4)23-21(24)6-5-11-25-19-9-7-18(22)8-10-19/h7-10,12-13,17H,5-6,11H2,1-4H3,(H,23,24). The highest BCUT2D eigenvalue weighted by Crippen LogP contribution is 2.22. The van der Waals surface area contributed by atoms with Gasteiger partial charge in [0.15, 0.2) is 0 Å². The van der Waals surface area contributed by atoms with Gasteiger partial charge >= 0.3 is 0 Å². The van der Waals surface area contributed by atoms with Crippen molar-refractivity contribution in [2.24, 2.45) is 0 Å². The van der Waals surface area contributed by atoms with Crippen molar-refractivity contribution in [2.45, 2.75) is 46.6 Å². The van der Waals surface area contributed by atoms with E-state index in [1.165, 1.54) is 22.3 Å². The molecular weight excluding hydrogens is 334 g/mol. The lowest BCUT2D eigenvalue weighted by molar-refractivity contribution is -0.121.